The molecule has 0 spiro atoms. The molecular weight excluding hydrogens is 279 g/mol. The van der Waals surface area contributed by atoms with Gasteiger partial charge >= 0.3 is 0 Å². The molecule has 1 aromatic rings. The Balaban J connectivity index is 2.20. The molecule has 2 atom stereocenters. The van der Waals surface area contributed by atoms with E-state index < -0.39 is 0 Å². The Morgan fingerprint density at radius 3 is 2.89 bits per heavy atom. The Labute approximate surface area is 125 Å². The number of nitrogens with two attached hydrogens (primary N) is 1. The minimum absolute atomic E-state index is 0.294. The lowest BCUT2D eigenvalue weighted by Gasteiger charge is -2.40. The van der Waals surface area contributed by atoms with Gasteiger partial charge in [0.2, 0.25) is 0 Å². The summed E-state index contributed by atoms with van der Waals surface area (Å²) in [5.41, 5.74) is 6.86. The summed E-state index contributed by atoms with van der Waals surface area (Å²) in [6, 6.07) is 6.58. The normalized spacial score (nSPS) is 22.4. The molecule has 1 aromatic carbocycles. The van der Waals surface area contributed by atoms with E-state index in [9.17, 15) is 0 Å². The van der Waals surface area contributed by atoms with E-state index in [2.05, 4.69) is 11.8 Å². The molecule has 19 heavy (non-hydrogen) atoms. The van der Waals surface area contributed by atoms with Gasteiger partial charge in [0.05, 0.1) is 0 Å². The van der Waals surface area contributed by atoms with Gasteiger partial charge in [-0.05, 0) is 63.0 Å². The lowest BCUT2D eigenvalue weighted by molar-refractivity contribution is 0.0984. The second kappa shape index (κ2) is 6.94. The molecule has 0 aliphatic carbocycles. The lowest BCUT2D eigenvalue weighted by atomic mass is 9.95. The highest BCUT2D eigenvalue weighted by molar-refractivity contribution is 6.33. The number of likely N-dealkylation sites (tertiary alicyclic amines) is 1. The van der Waals surface area contributed by atoms with Crippen molar-refractivity contribution in [2.24, 2.45) is 5.73 Å². The first-order chi connectivity index (χ1) is 9.13. The van der Waals surface area contributed by atoms with E-state index in [0.29, 0.717) is 12.1 Å². The van der Waals surface area contributed by atoms with Crippen LogP contribution in [0.25, 0.3) is 0 Å². The quantitative estimate of drug-likeness (QED) is 0.900. The fourth-order valence-electron chi connectivity index (χ4n) is 3.05. The van der Waals surface area contributed by atoms with Crippen molar-refractivity contribution in [3.63, 3.8) is 0 Å². The van der Waals surface area contributed by atoms with Crippen LogP contribution in [0.4, 0.5) is 0 Å². The third-order valence-corrected chi connectivity index (χ3v) is 4.66. The van der Waals surface area contributed by atoms with Crippen LogP contribution < -0.4 is 5.73 Å². The number of hydrogen-bond acceptors (Lipinski definition) is 2. The van der Waals surface area contributed by atoms with E-state index in [-0.39, 0.29) is 0 Å². The second-order valence-electron chi connectivity index (χ2n) is 5.31. The number of hydrogen-bond donors (Lipinski definition) is 1. The molecule has 1 fully saturated rings. The first-order valence-corrected chi connectivity index (χ1v) is 7.80. The number of benzene rings is 1. The Bertz CT molecular complexity index is 421. The van der Waals surface area contributed by atoms with Crippen molar-refractivity contribution in [1.29, 1.82) is 0 Å². The van der Waals surface area contributed by atoms with Gasteiger partial charge in [0.1, 0.15) is 0 Å². The maximum atomic E-state index is 6.33. The minimum atomic E-state index is 0.294. The number of halogens is 2. The van der Waals surface area contributed by atoms with E-state index >= 15 is 0 Å². The van der Waals surface area contributed by atoms with Gasteiger partial charge in [-0.25, -0.2) is 0 Å². The van der Waals surface area contributed by atoms with Crippen molar-refractivity contribution in [2.45, 2.75) is 44.7 Å². The average Bonchev–Trinajstić information content (AvgIpc) is 2.42. The third kappa shape index (κ3) is 3.63. The summed E-state index contributed by atoms with van der Waals surface area (Å²) in [6.45, 7) is 4.08. The molecule has 1 heterocycles. The van der Waals surface area contributed by atoms with Crippen molar-refractivity contribution in [2.75, 3.05) is 13.1 Å². The van der Waals surface area contributed by atoms with Crippen LogP contribution in [0.1, 0.15) is 44.2 Å². The summed E-state index contributed by atoms with van der Waals surface area (Å²) in [5, 5.41) is 1.55. The molecule has 0 bridgehead atoms. The zero-order valence-corrected chi connectivity index (χ0v) is 12.9. The molecule has 2 nitrogen and oxygen atoms in total. The monoisotopic (exact) mass is 300 g/mol. The zero-order chi connectivity index (χ0) is 13.8. The largest absolute Gasteiger partial charge is 0.330 e. The van der Waals surface area contributed by atoms with Crippen molar-refractivity contribution in [3.8, 4) is 0 Å². The smallest absolute Gasteiger partial charge is 0.0454 e. The molecule has 2 N–H and O–H groups in total. The fourth-order valence-corrected chi connectivity index (χ4v) is 3.50. The predicted molar refractivity (Wildman–Crippen MR) is 82.9 cm³/mol. The molecule has 1 saturated heterocycles. The van der Waals surface area contributed by atoms with E-state index in [0.717, 1.165) is 35.1 Å². The van der Waals surface area contributed by atoms with Crippen LogP contribution in [0, 0.1) is 0 Å². The standard InChI is InChI=1S/C15H22Cl2N2/c1-11(14-10-12(16)5-6-15(14)17)19-9-3-2-4-13(19)7-8-18/h5-6,10-11,13H,2-4,7-9,18H2,1H3. The third-order valence-electron chi connectivity index (χ3n) is 4.08. The van der Waals surface area contributed by atoms with Crippen LogP contribution in [0.5, 0.6) is 0 Å². The van der Waals surface area contributed by atoms with Gasteiger partial charge in [-0.1, -0.05) is 29.6 Å². The van der Waals surface area contributed by atoms with Crippen molar-refractivity contribution < 1.29 is 0 Å². The van der Waals surface area contributed by atoms with E-state index in [4.69, 9.17) is 28.9 Å². The van der Waals surface area contributed by atoms with Gasteiger partial charge < -0.3 is 5.73 Å². The summed E-state index contributed by atoms with van der Waals surface area (Å²) < 4.78 is 0. The maximum Gasteiger partial charge on any atom is 0.0454 e. The minimum Gasteiger partial charge on any atom is -0.330 e. The van der Waals surface area contributed by atoms with E-state index in [1.54, 1.807) is 0 Å². The summed E-state index contributed by atoms with van der Waals surface area (Å²) in [6.07, 6.45) is 4.85. The number of piperidine rings is 1. The summed E-state index contributed by atoms with van der Waals surface area (Å²) in [4.78, 5) is 2.54. The highest BCUT2D eigenvalue weighted by atomic mass is 35.5. The lowest BCUT2D eigenvalue weighted by Crippen LogP contribution is -2.42. The summed E-state index contributed by atoms with van der Waals surface area (Å²) in [5.74, 6) is 0. The average molecular weight is 301 g/mol. The van der Waals surface area contributed by atoms with Crippen LogP contribution in [-0.4, -0.2) is 24.0 Å². The number of nitrogens with zero attached hydrogens (tertiary/aromatic N) is 1. The molecule has 1 aliphatic heterocycles. The molecular formula is C15H22Cl2N2. The van der Waals surface area contributed by atoms with Crippen LogP contribution >= 0.6 is 23.2 Å². The molecule has 0 radical (unpaired) electrons. The Morgan fingerprint density at radius 2 is 2.16 bits per heavy atom. The van der Waals surface area contributed by atoms with Crippen molar-refractivity contribution in [1.82, 2.24) is 4.90 Å². The van der Waals surface area contributed by atoms with Gasteiger partial charge in [-0.15, -0.1) is 0 Å². The first kappa shape index (κ1) is 15.1. The Morgan fingerprint density at radius 1 is 1.37 bits per heavy atom. The van der Waals surface area contributed by atoms with Gasteiger partial charge in [0.15, 0.2) is 0 Å². The van der Waals surface area contributed by atoms with Crippen LogP contribution in [-0.2, 0) is 0 Å². The number of rotatable bonds is 4. The Hall–Kier alpha value is -0.280. The molecule has 1 aliphatic rings. The molecule has 2 unspecified atom stereocenters. The van der Waals surface area contributed by atoms with Gasteiger partial charge in [-0.2, -0.15) is 0 Å². The van der Waals surface area contributed by atoms with Gasteiger partial charge in [-0.3, -0.25) is 4.90 Å². The molecule has 0 aromatic heterocycles. The van der Waals surface area contributed by atoms with Crippen LogP contribution in [0.3, 0.4) is 0 Å². The summed E-state index contributed by atoms with van der Waals surface area (Å²) in [7, 11) is 0. The topological polar surface area (TPSA) is 29.3 Å². The van der Waals surface area contributed by atoms with Gasteiger partial charge in [0, 0.05) is 22.1 Å². The van der Waals surface area contributed by atoms with E-state index in [1.165, 1.54) is 19.3 Å². The second-order valence-corrected chi connectivity index (χ2v) is 6.15. The molecule has 106 valence electrons. The Kier molecular flexibility index (Phi) is 5.52. The molecule has 0 saturated carbocycles. The highest BCUT2D eigenvalue weighted by Gasteiger charge is 2.27. The van der Waals surface area contributed by atoms with Crippen molar-refractivity contribution in [3.05, 3.63) is 33.8 Å². The maximum absolute atomic E-state index is 6.33. The van der Waals surface area contributed by atoms with Gasteiger partial charge in [0.25, 0.3) is 0 Å². The van der Waals surface area contributed by atoms with Crippen LogP contribution in [0.2, 0.25) is 10.0 Å². The fraction of sp³-hybridized carbons (Fsp3) is 0.600. The van der Waals surface area contributed by atoms with E-state index in [1.807, 2.05) is 18.2 Å². The molecule has 4 heteroatoms. The predicted octanol–water partition coefficient (Wildman–Crippen LogP) is 4.26. The zero-order valence-electron chi connectivity index (χ0n) is 11.4. The van der Waals surface area contributed by atoms with Crippen molar-refractivity contribution >= 4 is 23.2 Å². The highest BCUT2D eigenvalue weighted by Crippen LogP contribution is 2.34. The molecule has 0 amide bonds. The van der Waals surface area contributed by atoms with Crippen LogP contribution in [0.15, 0.2) is 18.2 Å². The SMILES string of the molecule is CC(c1cc(Cl)ccc1Cl)N1CCCCC1CCN. The summed E-state index contributed by atoms with van der Waals surface area (Å²) >= 11 is 12.4. The molecule has 2 rings (SSSR count). The first-order valence-electron chi connectivity index (χ1n) is 7.04.